The lowest BCUT2D eigenvalue weighted by molar-refractivity contribution is -0.133. The molecule has 11 heteroatoms. The smallest absolute Gasteiger partial charge is 0.407 e. The number of amides is 3. The molecule has 3 fully saturated rings. The molecule has 4 aromatic rings. The monoisotopic (exact) mass is 677 g/mol. The molecule has 2 aliphatic heterocycles. The average molecular weight is 678 g/mol. The zero-order chi connectivity index (χ0) is 35.0. The Labute approximate surface area is 293 Å². The molecule has 0 spiro atoms. The number of imide groups is 1. The number of rotatable bonds is 9. The minimum atomic E-state index is -0.535. The Hall–Kier alpha value is -4.77. The van der Waals surface area contributed by atoms with Crippen molar-refractivity contribution >= 4 is 29.1 Å². The lowest BCUT2D eigenvalue weighted by atomic mass is 9.89. The van der Waals surface area contributed by atoms with E-state index in [0.717, 1.165) is 66.1 Å². The van der Waals surface area contributed by atoms with Crippen molar-refractivity contribution in [3.05, 3.63) is 83.3 Å². The molecule has 3 aliphatic rings. The van der Waals surface area contributed by atoms with Crippen LogP contribution in [0.1, 0.15) is 87.0 Å². The van der Waals surface area contributed by atoms with Crippen LogP contribution < -0.4 is 16.0 Å². The SMILES string of the molecule is Cc1cc(-c2ncnn3cc(C4CC4CN4CCC(c5ccc(NC6CCC(=O)NC6=O)cc5)CC4)cc23)ccc1CNC(=O)OC(C)(C)C. The molecular formula is C39H47N7O4. The molecule has 0 radical (unpaired) electrons. The predicted octanol–water partition coefficient (Wildman–Crippen LogP) is 5.93. The van der Waals surface area contributed by atoms with Crippen molar-refractivity contribution in [1.29, 1.82) is 0 Å². The number of aryl methyl sites for hydroxylation is 1. The number of hydrogen-bond donors (Lipinski definition) is 3. The largest absolute Gasteiger partial charge is 0.444 e. The van der Waals surface area contributed by atoms with Crippen LogP contribution in [0.3, 0.4) is 0 Å². The number of carbonyl (C=O) groups is 3. The topological polar surface area (TPSA) is 130 Å². The van der Waals surface area contributed by atoms with Crippen LogP contribution in [0.25, 0.3) is 16.8 Å². The van der Waals surface area contributed by atoms with Crippen molar-refractivity contribution in [2.75, 3.05) is 25.0 Å². The summed E-state index contributed by atoms with van der Waals surface area (Å²) in [5.41, 5.74) is 8.09. The number of nitrogens with one attached hydrogen (secondary N) is 3. The predicted molar refractivity (Wildman–Crippen MR) is 192 cm³/mol. The summed E-state index contributed by atoms with van der Waals surface area (Å²) in [6.45, 7) is 11.3. The van der Waals surface area contributed by atoms with Crippen LogP contribution in [0.15, 0.2) is 61.1 Å². The molecule has 3 atom stereocenters. The maximum Gasteiger partial charge on any atom is 0.407 e. The third kappa shape index (κ3) is 7.83. The Morgan fingerprint density at radius 3 is 2.52 bits per heavy atom. The summed E-state index contributed by atoms with van der Waals surface area (Å²) in [6, 6.07) is 16.6. The van der Waals surface area contributed by atoms with E-state index >= 15 is 0 Å². The summed E-state index contributed by atoms with van der Waals surface area (Å²) in [7, 11) is 0. The average Bonchev–Trinajstić information content (AvgIpc) is 3.70. The molecule has 1 aliphatic carbocycles. The number of carbonyl (C=O) groups excluding carboxylic acids is 3. The number of aromatic nitrogens is 3. The minimum Gasteiger partial charge on any atom is -0.444 e. The molecule has 4 heterocycles. The van der Waals surface area contributed by atoms with E-state index in [-0.39, 0.29) is 17.9 Å². The molecule has 0 bridgehead atoms. The second-order valence-corrected chi connectivity index (χ2v) is 15.2. The Balaban J connectivity index is 0.914. The summed E-state index contributed by atoms with van der Waals surface area (Å²) in [6.07, 6.45) is 7.74. The van der Waals surface area contributed by atoms with Gasteiger partial charge in [0.2, 0.25) is 11.8 Å². The first-order valence-corrected chi connectivity index (χ1v) is 17.8. The van der Waals surface area contributed by atoms with Gasteiger partial charge in [-0.2, -0.15) is 5.10 Å². The van der Waals surface area contributed by atoms with Gasteiger partial charge in [0.15, 0.2) is 0 Å². The number of anilines is 1. The van der Waals surface area contributed by atoms with Gasteiger partial charge in [0.05, 0.1) is 11.2 Å². The van der Waals surface area contributed by atoms with Crippen LogP contribution in [0.5, 0.6) is 0 Å². The normalized spacial score (nSPS) is 21.6. The van der Waals surface area contributed by atoms with Crippen LogP contribution in [0.2, 0.25) is 0 Å². The molecule has 2 aromatic heterocycles. The Morgan fingerprint density at radius 1 is 1.02 bits per heavy atom. The molecule has 1 saturated carbocycles. The molecule has 7 rings (SSSR count). The quantitative estimate of drug-likeness (QED) is 0.186. The van der Waals surface area contributed by atoms with Gasteiger partial charge < -0.3 is 20.3 Å². The van der Waals surface area contributed by atoms with Gasteiger partial charge in [-0.15, -0.1) is 0 Å². The highest BCUT2D eigenvalue weighted by Crippen LogP contribution is 2.49. The fraction of sp³-hybridized carbons (Fsp3) is 0.462. The van der Waals surface area contributed by atoms with E-state index in [1.165, 1.54) is 17.5 Å². The highest BCUT2D eigenvalue weighted by Gasteiger charge is 2.40. The Kier molecular flexibility index (Phi) is 9.34. The Morgan fingerprint density at radius 2 is 1.80 bits per heavy atom. The first kappa shape index (κ1) is 33.7. The zero-order valence-corrected chi connectivity index (χ0v) is 29.4. The van der Waals surface area contributed by atoms with Crippen molar-refractivity contribution in [1.82, 2.24) is 30.1 Å². The number of piperidine rings is 2. The van der Waals surface area contributed by atoms with Gasteiger partial charge in [0.25, 0.3) is 0 Å². The molecule has 3 N–H and O–H groups in total. The zero-order valence-electron chi connectivity index (χ0n) is 29.4. The molecule has 2 saturated heterocycles. The third-order valence-corrected chi connectivity index (χ3v) is 10.3. The van der Waals surface area contributed by atoms with Gasteiger partial charge in [0, 0.05) is 37.0 Å². The number of likely N-dealkylation sites (tertiary alicyclic amines) is 1. The van der Waals surface area contributed by atoms with Crippen LogP contribution in [-0.2, 0) is 20.9 Å². The van der Waals surface area contributed by atoms with Gasteiger partial charge in [-0.1, -0.05) is 24.3 Å². The number of ether oxygens (including phenoxy) is 1. The van der Waals surface area contributed by atoms with Crippen LogP contribution in [0, 0.1) is 12.8 Å². The molecule has 11 nitrogen and oxygen atoms in total. The van der Waals surface area contributed by atoms with Crippen LogP contribution in [-0.4, -0.2) is 68.7 Å². The molecule has 50 heavy (non-hydrogen) atoms. The van der Waals surface area contributed by atoms with Crippen LogP contribution >= 0.6 is 0 Å². The van der Waals surface area contributed by atoms with E-state index in [4.69, 9.17) is 4.74 Å². The summed E-state index contributed by atoms with van der Waals surface area (Å²) < 4.78 is 7.33. The van der Waals surface area contributed by atoms with Crippen LogP contribution in [0.4, 0.5) is 10.5 Å². The van der Waals surface area contributed by atoms with E-state index in [0.29, 0.717) is 37.1 Å². The lowest BCUT2D eigenvalue weighted by Gasteiger charge is -2.32. The number of alkyl carbamates (subject to hydrolysis) is 1. The first-order valence-electron chi connectivity index (χ1n) is 17.8. The van der Waals surface area contributed by atoms with Crippen molar-refractivity contribution < 1.29 is 19.1 Å². The lowest BCUT2D eigenvalue weighted by Crippen LogP contribution is -2.47. The maximum absolute atomic E-state index is 12.1. The van der Waals surface area contributed by atoms with Crippen molar-refractivity contribution in [2.45, 2.75) is 89.8 Å². The molecule has 2 aromatic carbocycles. The maximum atomic E-state index is 12.1. The van der Waals surface area contributed by atoms with Crippen molar-refractivity contribution in [2.24, 2.45) is 5.92 Å². The number of fused-ring (bicyclic) bond motifs is 1. The minimum absolute atomic E-state index is 0.197. The fourth-order valence-electron chi connectivity index (χ4n) is 7.42. The number of nitrogens with zero attached hydrogens (tertiary/aromatic N) is 4. The number of hydrogen-bond acceptors (Lipinski definition) is 8. The Bertz CT molecular complexity index is 1890. The van der Waals surface area contributed by atoms with E-state index in [9.17, 15) is 14.4 Å². The van der Waals surface area contributed by atoms with Gasteiger partial charge in [0.1, 0.15) is 18.0 Å². The highest BCUT2D eigenvalue weighted by molar-refractivity contribution is 6.01. The third-order valence-electron chi connectivity index (χ3n) is 10.3. The highest BCUT2D eigenvalue weighted by atomic mass is 16.6. The summed E-state index contributed by atoms with van der Waals surface area (Å²) >= 11 is 0. The van der Waals surface area contributed by atoms with Gasteiger partial charge >= 0.3 is 6.09 Å². The fourth-order valence-corrected chi connectivity index (χ4v) is 7.42. The summed E-state index contributed by atoms with van der Waals surface area (Å²) in [5, 5.41) is 13.1. The first-order chi connectivity index (χ1) is 24.0. The van der Waals surface area contributed by atoms with Gasteiger partial charge in [-0.05, 0) is 131 Å². The summed E-state index contributed by atoms with van der Waals surface area (Å²) in [4.78, 5) is 43.0. The summed E-state index contributed by atoms with van der Waals surface area (Å²) in [5.74, 6) is 1.28. The molecule has 3 unspecified atom stereocenters. The molecule has 262 valence electrons. The number of benzene rings is 2. The van der Waals surface area contributed by atoms with E-state index < -0.39 is 11.7 Å². The van der Waals surface area contributed by atoms with E-state index in [1.54, 1.807) is 6.33 Å². The molecule has 3 amide bonds. The van der Waals surface area contributed by atoms with Crippen molar-refractivity contribution in [3.8, 4) is 11.3 Å². The van der Waals surface area contributed by atoms with E-state index in [1.807, 2.05) is 31.4 Å². The van der Waals surface area contributed by atoms with Crippen molar-refractivity contribution in [3.63, 3.8) is 0 Å². The van der Waals surface area contributed by atoms with E-state index in [2.05, 4.69) is 86.5 Å². The van der Waals surface area contributed by atoms with Gasteiger partial charge in [-0.25, -0.2) is 14.3 Å². The molecular weight excluding hydrogens is 630 g/mol. The second kappa shape index (κ2) is 13.9. The second-order valence-electron chi connectivity index (χ2n) is 15.2. The van der Waals surface area contributed by atoms with Gasteiger partial charge in [-0.3, -0.25) is 14.9 Å². The standard InChI is InChI=1S/C39H47N7O4/c1-24-17-27(5-6-28(24)20-40-38(49)50-39(2,3)4)36-34-19-30(22-46(34)42-23-41-36)32-18-29(32)21-45-15-13-26(14-16-45)25-7-9-31(10-8-25)43-33-11-12-35(47)44-37(33)48/h5-10,17,19,22-23,26,29,32-33,43H,11-16,18,20-21H2,1-4H3,(H,40,49)(H,44,47,48).